The van der Waals surface area contributed by atoms with Crippen molar-refractivity contribution in [3.05, 3.63) is 90.5 Å². The fraction of sp³-hybridized carbons (Fsp3) is 0. The Morgan fingerprint density at radius 1 is 0.654 bits per heavy atom. The molecule has 26 heavy (non-hydrogen) atoms. The first-order valence-corrected chi connectivity index (χ1v) is 8.56. The predicted molar refractivity (Wildman–Crippen MR) is 108 cm³/mol. The van der Waals surface area contributed by atoms with E-state index < -0.39 is 0 Å². The van der Waals surface area contributed by atoms with E-state index in [1.807, 2.05) is 59.3 Å². The highest BCUT2D eigenvalue weighted by Gasteiger charge is 2.09. The second kappa shape index (κ2) is 5.74. The summed E-state index contributed by atoms with van der Waals surface area (Å²) in [7, 11) is 0. The quantitative estimate of drug-likeness (QED) is 0.423. The summed E-state index contributed by atoms with van der Waals surface area (Å²) in [5, 5.41) is 19.5. The van der Waals surface area contributed by atoms with Gasteiger partial charge in [0, 0.05) is 16.3 Å². The van der Waals surface area contributed by atoms with Crippen molar-refractivity contribution >= 4 is 38.8 Å². The van der Waals surface area contributed by atoms with Gasteiger partial charge in [-0.1, -0.05) is 66.7 Å². The first-order chi connectivity index (χ1) is 12.8. The van der Waals surface area contributed by atoms with E-state index in [2.05, 4.69) is 24.3 Å². The third-order valence-corrected chi connectivity index (χ3v) is 4.80. The SMILES string of the molecule is Oc1ccc2ccccc2c1/C=N/n1c2ccccc2c2ccccc21. The Kier molecular flexibility index (Phi) is 3.25. The number of benzene rings is 4. The van der Waals surface area contributed by atoms with Crippen LogP contribution < -0.4 is 0 Å². The molecule has 0 atom stereocenters. The fourth-order valence-corrected chi connectivity index (χ4v) is 3.56. The van der Waals surface area contributed by atoms with Crippen molar-refractivity contribution in [1.29, 1.82) is 0 Å². The number of fused-ring (bicyclic) bond motifs is 4. The van der Waals surface area contributed by atoms with E-state index in [-0.39, 0.29) is 5.75 Å². The van der Waals surface area contributed by atoms with Crippen LogP contribution in [0.5, 0.6) is 5.75 Å². The Morgan fingerprint density at radius 3 is 1.92 bits per heavy atom. The van der Waals surface area contributed by atoms with Crippen molar-refractivity contribution in [2.24, 2.45) is 5.10 Å². The van der Waals surface area contributed by atoms with E-state index in [1.54, 1.807) is 12.3 Å². The minimum Gasteiger partial charge on any atom is -0.507 e. The molecule has 0 aliphatic carbocycles. The zero-order valence-electron chi connectivity index (χ0n) is 14.0. The standard InChI is InChI=1S/C23H16N2O/c26-23-14-13-16-7-1-2-8-17(16)20(23)15-24-25-21-11-5-3-9-18(21)19-10-4-6-12-22(19)25/h1-15,26H/b24-15+. The zero-order chi connectivity index (χ0) is 17.5. The van der Waals surface area contributed by atoms with Crippen LogP contribution in [0.1, 0.15) is 5.56 Å². The summed E-state index contributed by atoms with van der Waals surface area (Å²) < 4.78 is 1.94. The van der Waals surface area contributed by atoms with E-state index >= 15 is 0 Å². The number of nitrogens with zero attached hydrogens (tertiary/aromatic N) is 2. The number of para-hydroxylation sites is 2. The lowest BCUT2D eigenvalue weighted by Crippen LogP contribution is -1.92. The summed E-state index contributed by atoms with van der Waals surface area (Å²) in [5.41, 5.74) is 2.82. The third-order valence-electron chi connectivity index (χ3n) is 4.80. The van der Waals surface area contributed by atoms with Crippen LogP contribution in [0.2, 0.25) is 0 Å². The molecular formula is C23H16N2O. The number of phenolic OH excluding ortho intramolecular Hbond substituents is 1. The molecule has 5 aromatic rings. The second-order valence-corrected chi connectivity index (χ2v) is 6.31. The van der Waals surface area contributed by atoms with Gasteiger partial charge in [0.05, 0.1) is 17.2 Å². The summed E-state index contributed by atoms with van der Waals surface area (Å²) in [6.07, 6.45) is 1.75. The maximum atomic E-state index is 10.4. The molecule has 0 spiro atoms. The summed E-state index contributed by atoms with van der Waals surface area (Å²) in [6.45, 7) is 0. The number of hydrogen-bond donors (Lipinski definition) is 1. The van der Waals surface area contributed by atoms with Gasteiger partial charge in [-0.2, -0.15) is 5.10 Å². The maximum absolute atomic E-state index is 10.4. The van der Waals surface area contributed by atoms with Crippen LogP contribution in [-0.2, 0) is 0 Å². The lowest BCUT2D eigenvalue weighted by molar-refractivity contribution is 0.475. The molecule has 0 aliphatic rings. The molecule has 0 bridgehead atoms. The van der Waals surface area contributed by atoms with Crippen LogP contribution in [0, 0.1) is 0 Å². The van der Waals surface area contributed by atoms with Crippen molar-refractivity contribution in [2.75, 3.05) is 0 Å². The number of phenols is 1. The highest BCUT2D eigenvalue weighted by atomic mass is 16.3. The van der Waals surface area contributed by atoms with Crippen LogP contribution in [0.3, 0.4) is 0 Å². The van der Waals surface area contributed by atoms with E-state index in [9.17, 15) is 5.11 Å². The maximum Gasteiger partial charge on any atom is 0.125 e. The Morgan fingerprint density at radius 2 is 1.23 bits per heavy atom. The first-order valence-electron chi connectivity index (χ1n) is 8.56. The second-order valence-electron chi connectivity index (χ2n) is 6.31. The molecule has 1 aromatic heterocycles. The molecule has 3 nitrogen and oxygen atoms in total. The molecule has 0 fully saturated rings. The Labute approximate surface area is 150 Å². The predicted octanol–water partition coefficient (Wildman–Crippen LogP) is 5.54. The van der Waals surface area contributed by atoms with Crippen LogP contribution in [0.15, 0.2) is 90.0 Å². The largest absolute Gasteiger partial charge is 0.507 e. The number of aromatic nitrogens is 1. The molecule has 0 unspecified atom stereocenters. The van der Waals surface area contributed by atoms with Gasteiger partial charge in [-0.25, -0.2) is 4.68 Å². The lowest BCUT2D eigenvalue weighted by Gasteiger charge is -2.05. The van der Waals surface area contributed by atoms with Gasteiger partial charge in [0.2, 0.25) is 0 Å². The average molecular weight is 336 g/mol. The van der Waals surface area contributed by atoms with Gasteiger partial charge in [0.25, 0.3) is 0 Å². The van der Waals surface area contributed by atoms with Gasteiger partial charge in [-0.05, 0) is 29.0 Å². The molecule has 0 radical (unpaired) electrons. The normalized spacial score (nSPS) is 11.8. The van der Waals surface area contributed by atoms with E-state index in [4.69, 9.17) is 5.10 Å². The number of hydrogen-bond acceptors (Lipinski definition) is 2. The monoisotopic (exact) mass is 336 g/mol. The third kappa shape index (κ3) is 2.18. The molecule has 1 heterocycles. The van der Waals surface area contributed by atoms with E-state index in [0.717, 1.165) is 27.4 Å². The van der Waals surface area contributed by atoms with Gasteiger partial charge in [0.15, 0.2) is 0 Å². The average Bonchev–Trinajstić information content (AvgIpc) is 3.01. The number of rotatable bonds is 2. The zero-order valence-corrected chi connectivity index (χ0v) is 14.0. The van der Waals surface area contributed by atoms with Gasteiger partial charge >= 0.3 is 0 Å². The van der Waals surface area contributed by atoms with E-state index in [1.165, 1.54) is 10.8 Å². The van der Waals surface area contributed by atoms with Crippen LogP contribution in [0.25, 0.3) is 32.6 Å². The van der Waals surface area contributed by atoms with Gasteiger partial charge in [-0.15, -0.1) is 0 Å². The number of aromatic hydroxyl groups is 1. The molecule has 4 aromatic carbocycles. The highest BCUT2D eigenvalue weighted by Crippen LogP contribution is 2.29. The molecule has 0 aliphatic heterocycles. The molecule has 1 N–H and O–H groups in total. The highest BCUT2D eigenvalue weighted by molar-refractivity contribution is 6.08. The van der Waals surface area contributed by atoms with Gasteiger partial charge < -0.3 is 5.11 Å². The molecular weight excluding hydrogens is 320 g/mol. The van der Waals surface area contributed by atoms with E-state index in [0.29, 0.717) is 0 Å². The minimum absolute atomic E-state index is 0.230. The van der Waals surface area contributed by atoms with Crippen LogP contribution in [0.4, 0.5) is 0 Å². The van der Waals surface area contributed by atoms with Gasteiger partial charge in [-0.3, -0.25) is 0 Å². The topological polar surface area (TPSA) is 37.5 Å². The van der Waals surface area contributed by atoms with Crippen LogP contribution >= 0.6 is 0 Å². The van der Waals surface area contributed by atoms with Crippen molar-refractivity contribution in [2.45, 2.75) is 0 Å². The molecule has 0 saturated heterocycles. The molecule has 0 amide bonds. The molecule has 3 heteroatoms. The molecule has 0 saturated carbocycles. The molecule has 124 valence electrons. The van der Waals surface area contributed by atoms with Crippen molar-refractivity contribution < 1.29 is 5.11 Å². The Bertz CT molecular complexity index is 1240. The van der Waals surface area contributed by atoms with Crippen LogP contribution in [-0.4, -0.2) is 16.0 Å². The van der Waals surface area contributed by atoms with Gasteiger partial charge in [0.1, 0.15) is 5.75 Å². The molecule has 5 rings (SSSR count). The summed E-state index contributed by atoms with van der Waals surface area (Å²) in [6, 6.07) is 28.1. The Hall–Kier alpha value is -3.59. The smallest absolute Gasteiger partial charge is 0.125 e. The summed E-state index contributed by atoms with van der Waals surface area (Å²) in [4.78, 5) is 0. The first kappa shape index (κ1) is 14.7. The summed E-state index contributed by atoms with van der Waals surface area (Å²) >= 11 is 0. The Balaban J connectivity index is 1.77. The summed E-state index contributed by atoms with van der Waals surface area (Å²) in [5.74, 6) is 0.230. The minimum atomic E-state index is 0.230. The lowest BCUT2D eigenvalue weighted by atomic mass is 10.0. The van der Waals surface area contributed by atoms with Crippen molar-refractivity contribution in [3.8, 4) is 5.75 Å². The fourth-order valence-electron chi connectivity index (χ4n) is 3.56. The van der Waals surface area contributed by atoms with Crippen molar-refractivity contribution in [1.82, 2.24) is 4.68 Å². The van der Waals surface area contributed by atoms with Crippen molar-refractivity contribution in [3.63, 3.8) is 0 Å².